The SMILES string of the molecule is CC(=O)OC1C=C[C@@]2(C)C(CCC3=C4C=CC(=O)[C@@]4(C)CCC32)C1. The third kappa shape index (κ3) is 2.09. The van der Waals surface area contributed by atoms with Gasteiger partial charge in [-0.25, -0.2) is 0 Å². The topological polar surface area (TPSA) is 43.4 Å². The van der Waals surface area contributed by atoms with Crippen LogP contribution in [0.2, 0.25) is 0 Å². The van der Waals surface area contributed by atoms with Crippen molar-refractivity contribution in [1.29, 1.82) is 0 Å². The summed E-state index contributed by atoms with van der Waals surface area (Å²) >= 11 is 0. The highest BCUT2D eigenvalue weighted by Gasteiger charge is 2.53. The van der Waals surface area contributed by atoms with Crippen molar-refractivity contribution in [2.45, 2.75) is 59.0 Å². The number of hydrogen-bond acceptors (Lipinski definition) is 3. The molecule has 1 fully saturated rings. The molecule has 3 heteroatoms. The van der Waals surface area contributed by atoms with Crippen molar-refractivity contribution in [3.63, 3.8) is 0 Å². The van der Waals surface area contributed by atoms with Gasteiger partial charge in [0, 0.05) is 6.92 Å². The van der Waals surface area contributed by atoms with Crippen molar-refractivity contribution in [2.75, 3.05) is 0 Å². The van der Waals surface area contributed by atoms with Crippen LogP contribution in [0.5, 0.6) is 0 Å². The van der Waals surface area contributed by atoms with Crippen LogP contribution in [0.3, 0.4) is 0 Å². The van der Waals surface area contributed by atoms with E-state index >= 15 is 0 Å². The van der Waals surface area contributed by atoms with Gasteiger partial charge in [0.1, 0.15) is 6.10 Å². The van der Waals surface area contributed by atoms with Crippen LogP contribution < -0.4 is 0 Å². The Morgan fingerprint density at radius 1 is 1.25 bits per heavy atom. The maximum absolute atomic E-state index is 12.3. The van der Waals surface area contributed by atoms with Gasteiger partial charge in [0.25, 0.3) is 0 Å². The molecule has 0 saturated heterocycles. The molecule has 4 aliphatic rings. The maximum atomic E-state index is 12.3. The van der Waals surface area contributed by atoms with Crippen LogP contribution in [0.15, 0.2) is 35.5 Å². The molecule has 0 amide bonds. The first-order valence-electron chi connectivity index (χ1n) is 9.17. The lowest BCUT2D eigenvalue weighted by Crippen LogP contribution is -2.46. The molecule has 5 atom stereocenters. The van der Waals surface area contributed by atoms with Crippen molar-refractivity contribution in [3.05, 3.63) is 35.5 Å². The summed E-state index contributed by atoms with van der Waals surface area (Å²) in [5, 5.41) is 0. The molecule has 4 rings (SSSR count). The minimum absolute atomic E-state index is 0.0726. The average molecular weight is 326 g/mol. The minimum Gasteiger partial charge on any atom is -0.458 e. The van der Waals surface area contributed by atoms with Crippen molar-refractivity contribution < 1.29 is 14.3 Å². The molecular weight excluding hydrogens is 300 g/mol. The van der Waals surface area contributed by atoms with Gasteiger partial charge in [-0.1, -0.05) is 24.6 Å². The molecule has 0 aromatic heterocycles. The number of carbonyl (C=O) groups is 2. The summed E-state index contributed by atoms with van der Waals surface area (Å²) < 4.78 is 5.43. The number of esters is 1. The molecule has 0 heterocycles. The van der Waals surface area contributed by atoms with Crippen LogP contribution in [-0.4, -0.2) is 17.9 Å². The summed E-state index contributed by atoms with van der Waals surface area (Å²) in [6.07, 6.45) is 13.4. The fourth-order valence-electron chi connectivity index (χ4n) is 5.69. The van der Waals surface area contributed by atoms with Gasteiger partial charge in [0.05, 0.1) is 5.41 Å². The molecule has 128 valence electrons. The number of ether oxygens (including phenoxy) is 1. The number of rotatable bonds is 1. The Morgan fingerprint density at radius 3 is 2.79 bits per heavy atom. The van der Waals surface area contributed by atoms with Gasteiger partial charge in [0.15, 0.2) is 5.78 Å². The second-order valence-corrected chi connectivity index (χ2v) is 8.40. The lowest BCUT2D eigenvalue weighted by atomic mass is 9.51. The summed E-state index contributed by atoms with van der Waals surface area (Å²) in [5.41, 5.74) is 2.67. The average Bonchev–Trinajstić information content (AvgIpc) is 2.83. The molecule has 0 radical (unpaired) electrons. The monoisotopic (exact) mass is 326 g/mol. The van der Waals surface area contributed by atoms with Crippen molar-refractivity contribution in [3.8, 4) is 0 Å². The predicted molar refractivity (Wildman–Crippen MR) is 92.1 cm³/mol. The third-order valence-electron chi connectivity index (χ3n) is 7.14. The highest BCUT2D eigenvalue weighted by Crippen LogP contribution is 2.60. The smallest absolute Gasteiger partial charge is 0.303 e. The largest absolute Gasteiger partial charge is 0.458 e. The quantitative estimate of drug-likeness (QED) is 0.537. The van der Waals surface area contributed by atoms with E-state index in [4.69, 9.17) is 4.74 Å². The Bertz CT molecular complexity index is 698. The third-order valence-corrected chi connectivity index (χ3v) is 7.14. The van der Waals surface area contributed by atoms with Crippen molar-refractivity contribution >= 4 is 11.8 Å². The fraction of sp³-hybridized carbons (Fsp3) is 0.619. The lowest BCUT2D eigenvalue weighted by Gasteiger charge is -2.53. The van der Waals surface area contributed by atoms with E-state index in [1.807, 2.05) is 0 Å². The summed E-state index contributed by atoms with van der Waals surface area (Å²) in [4.78, 5) is 23.6. The van der Waals surface area contributed by atoms with Gasteiger partial charge in [-0.15, -0.1) is 0 Å². The first-order chi connectivity index (χ1) is 11.3. The van der Waals surface area contributed by atoms with Crippen LogP contribution in [0.4, 0.5) is 0 Å². The highest BCUT2D eigenvalue weighted by molar-refractivity contribution is 6.01. The van der Waals surface area contributed by atoms with Crippen LogP contribution in [0.25, 0.3) is 0 Å². The summed E-state index contributed by atoms with van der Waals surface area (Å²) in [5.74, 6) is 1.15. The molecule has 0 aliphatic heterocycles. The second-order valence-electron chi connectivity index (χ2n) is 8.40. The van der Waals surface area contributed by atoms with E-state index in [1.165, 1.54) is 18.1 Å². The zero-order chi connectivity index (χ0) is 17.1. The fourth-order valence-corrected chi connectivity index (χ4v) is 5.69. The summed E-state index contributed by atoms with van der Waals surface area (Å²) in [7, 11) is 0. The van der Waals surface area contributed by atoms with Gasteiger partial charge in [-0.2, -0.15) is 0 Å². The van der Waals surface area contributed by atoms with Gasteiger partial charge >= 0.3 is 5.97 Å². The van der Waals surface area contributed by atoms with Gasteiger partial charge in [0.2, 0.25) is 0 Å². The first-order valence-corrected chi connectivity index (χ1v) is 9.17. The molecule has 3 nitrogen and oxygen atoms in total. The van der Waals surface area contributed by atoms with Crippen LogP contribution >= 0.6 is 0 Å². The minimum atomic E-state index is -0.270. The van der Waals surface area contributed by atoms with E-state index in [1.54, 1.807) is 6.08 Å². The van der Waals surface area contributed by atoms with E-state index < -0.39 is 0 Å². The Kier molecular flexibility index (Phi) is 3.42. The summed E-state index contributed by atoms with van der Waals surface area (Å²) in [6.45, 7) is 5.97. The van der Waals surface area contributed by atoms with E-state index in [9.17, 15) is 9.59 Å². The number of hydrogen-bond donors (Lipinski definition) is 0. The lowest BCUT2D eigenvalue weighted by molar-refractivity contribution is -0.146. The Labute approximate surface area is 143 Å². The van der Waals surface area contributed by atoms with Crippen molar-refractivity contribution in [1.82, 2.24) is 0 Å². The van der Waals surface area contributed by atoms with Crippen LogP contribution in [0, 0.1) is 22.7 Å². The first kappa shape index (κ1) is 15.9. The number of fused-ring (bicyclic) bond motifs is 4. The van der Waals surface area contributed by atoms with E-state index in [2.05, 4.69) is 32.1 Å². The second kappa shape index (κ2) is 5.18. The maximum Gasteiger partial charge on any atom is 0.303 e. The molecule has 0 N–H and O–H groups in total. The molecule has 4 aliphatic carbocycles. The molecule has 0 aromatic carbocycles. The molecule has 3 unspecified atom stereocenters. The number of allylic oxidation sites excluding steroid dienone is 5. The normalized spacial score (nSPS) is 43.3. The van der Waals surface area contributed by atoms with Crippen LogP contribution in [-0.2, 0) is 14.3 Å². The number of carbonyl (C=O) groups excluding carboxylic acids is 2. The molecular formula is C21H26O3. The van der Waals surface area contributed by atoms with E-state index in [0.717, 1.165) is 32.1 Å². The zero-order valence-electron chi connectivity index (χ0n) is 14.8. The molecule has 0 bridgehead atoms. The van der Waals surface area contributed by atoms with Crippen molar-refractivity contribution in [2.24, 2.45) is 22.7 Å². The molecule has 1 saturated carbocycles. The molecule has 24 heavy (non-hydrogen) atoms. The predicted octanol–water partition coefficient (Wildman–Crippen LogP) is 4.15. The summed E-state index contributed by atoms with van der Waals surface area (Å²) in [6, 6.07) is 0. The van der Waals surface area contributed by atoms with E-state index in [0.29, 0.717) is 11.8 Å². The Balaban J connectivity index is 1.70. The van der Waals surface area contributed by atoms with Gasteiger partial charge in [-0.3, -0.25) is 9.59 Å². The standard InChI is InChI=1S/C21H26O3/c1-13(22)24-15-8-10-20(2)14(12-15)4-5-16-17-6-7-19(23)21(17,3)11-9-18(16)20/h6-8,10,14-15,18H,4-5,9,11-12H2,1-3H3/t14?,15?,18?,20-,21-/m0/s1. The Hall–Kier alpha value is -1.64. The van der Waals surface area contributed by atoms with Gasteiger partial charge in [-0.05, 0) is 74.0 Å². The molecule has 0 spiro atoms. The van der Waals surface area contributed by atoms with Gasteiger partial charge < -0.3 is 4.74 Å². The molecule has 0 aromatic rings. The highest BCUT2D eigenvalue weighted by atomic mass is 16.5. The Morgan fingerprint density at radius 2 is 2.04 bits per heavy atom. The van der Waals surface area contributed by atoms with E-state index in [-0.39, 0.29) is 28.7 Å². The zero-order valence-corrected chi connectivity index (χ0v) is 14.8. The number of ketones is 1. The van der Waals surface area contributed by atoms with Crippen LogP contribution in [0.1, 0.15) is 52.9 Å².